The molecule has 1 unspecified atom stereocenters. The molecule has 0 aliphatic carbocycles. The van der Waals surface area contributed by atoms with Crippen molar-refractivity contribution in [1.29, 1.82) is 0 Å². The van der Waals surface area contributed by atoms with E-state index in [1.54, 1.807) is 18.5 Å². The first-order valence-electron chi connectivity index (χ1n) is 4.87. The van der Waals surface area contributed by atoms with Crippen LogP contribution in [-0.2, 0) is 0 Å². The molecule has 0 aliphatic rings. The summed E-state index contributed by atoms with van der Waals surface area (Å²) in [4.78, 5) is 7.65. The monoisotopic (exact) mass is 218 g/mol. The Hall–Kier alpha value is -1.81. The van der Waals surface area contributed by atoms with Gasteiger partial charge in [0.15, 0.2) is 0 Å². The van der Waals surface area contributed by atoms with Gasteiger partial charge in [-0.1, -0.05) is 0 Å². The summed E-state index contributed by atoms with van der Waals surface area (Å²) in [5, 5.41) is 10.1. The molecule has 0 radical (unpaired) electrons. The number of aliphatic hydroxyl groups is 1. The van der Waals surface area contributed by atoms with Gasteiger partial charge in [-0.2, -0.15) is 0 Å². The molecule has 2 aromatic heterocycles. The fraction of sp³-hybridized carbons (Fsp3) is 0.167. The molecule has 2 rings (SSSR count). The Labute approximate surface area is 92.6 Å². The van der Waals surface area contributed by atoms with E-state index in [1.165, 1.54) is 12.3 Å². The maximum Gasteiger partial charge on any atom is 0.141 e. The number of hydrogen-bond acceptors (Lipinski definition) is 3. The molecule has 0 saturated carbocycles. The highest BCUT2D eigenvalue weighted by molar-refractivity contribution is 5.31. The zero-order valence-electron chi connectivity index (χ0n) is 8.76. The van der Waals surface area contributed by atoms with Crippen molar-refractivity contribution in [3.63, 3.8) is 0 Å². The lowest BCUT2D eigenvalue weighted by Gasteiger charge is -2.12. The van der Waals surface area contributed by atoms with Crippen molar-refractivity contribution in [1.82, 2.24) is 9.97 Å². The molecule has 0 aromatic carbocycles. The number of aromatic nitrogens is 2. The fourth-order valence-electron chi connectivity index (χ4n) is 1.52. The van der Waals surface area contributed by atoms with Crippen molar-refractivity contribution in [3.05, 3.63) is 59.4 Å². The highest BCUT2D eigenvalue weighted by Gasteiger charge is 2.13. The molecule has 4 heteroatoms. The van der Waals surface area contributed by atoms with Gasteiger partial charge in [0.05, 0.1) is 6.20 Å². The SMILES string of the molecule is Cc1ccncc1C(O)c1cncc(F)c1. The average molecular weight is 218 g/mol. The summed E-state index contributed by atoms with van der Waals surface area (Å²) in [6.07, 6.45) is 4.88. The Kier molecular flexibility index (Phi) is 2.92. The second-order valence-corrected chi connectivity index (χ2v) is 3.57. The van der Waals surface area contributed by atoms with E-state index in [-0.39, 0.29) is 0 Å². The molecule has 3 nitrogen and oxygen atoms in total. The molecular weight excluding hydrogens is 207 g/mol. The largest absolute Gasteiger partial charge is 0.384 e. The van der Waals surface area contributed by atoms with E-state index in [0.29, 0.717) is 11.1 Å². The van der Waals surface area contributed by atoms with Crippen LogP contribution in [0.2, 0.25) is 0 Å². The zero-order valence-corrected chi connectivity index (χ0v) is 8.76. The summed E-state index contributed by atoms with van der Waals surface area (Å²) in [5.41, 5.74) is 2.00. The molecule has 0 aliphatic heterocycles. The number of halogens is 1. The van der Waals surface area contributed by atoms with Crippen LogP contribution in [0.4, 0.5) is 4.39 Å². The van der Waals surface area contributed by atoms with Crippen molar-refractivity contribution in [2.45, 2.75) is 13.0 Å². The van der Waals surface area contributed by atoms with Crippen LogP contribution in [0.3, 0.4) is 0 Å². The van der Waals surface area contributed by atoms with Gasteiger partial charge in [-0.05, 0) is 24.6 Å². The maximum absolute atomic E-state index is 13.0. The molecule has 0 saturated heterocycles. The van der Waals surface area contributed by atoms with Crippen LogP contribution >= 0.6 is 0 Å². The van der Waals surface area contributed by atoms with E-state index >= 15 is 0 Å². The third kappa shape index (κ3) is 2.06. The summed E-state index contributed by atoms with van der Waals surface area (Å²) < 4.78 is 13.0. The summed E-state index contributed by atoms with van der Waals surface area (Å²) in [6.45, 7) is 1.87. The van der Waals surface area contributed by atoms with E-state index < -0.39 is 11.9 Å². The van der Waals surface area contributed by atoms with Crippen molar-refractivity contribution in [2.75, 3.05) is 0 Å². The molecule has 2 aromatic rings. The number of aliphatic hydroxyl groups excluding tert-OH is 1. The smallest absolute Gasteiger partial charge is 0.141 e. The molecule has 2 heterocycles. The molecule has 16 heavy (non-hydrogen) atoms. The molecule has 0 spiro atoms. The third-order valence-corrected chi connectivity index (χ3v) is 2.42. The Morgan fingerprint density at radius 3 is 2.75 bits per heavy atom. The topological polar surface area (TPSA) is 46.0 Å². The molecule has 82 valence electrons. The van der Waals surface area contributed by atoms with Crippen LogP contribution in [0.15, 0.2) is 36.9 Å². The Morgan fingerprint density at radius 1 is 1.25 bits per heavy atom. The number of pyridine rings is 2. The second kappa shape index (κ2) is 4.37. The predicted molar refractivity (Wildman–Crippen MR) is 57.2 cm³/mol. The standard InChI is InChI=1S/C12H11FN2O/c1-8-2-3-14-7-11(8)12(16)9-4-10(13)6-15-5-9/h2-7,12,16H,1H3. The lowest BCUT2D eigenvalue weighted by Crippen LogP contribution is -2.03. The van der Waals surface area contributed by atoms with Gasteiger partial charge < -0.3 is 5.11 Å². The fourth-order valence-corrected chi connectivity index (χ4v) is 1.52. The van der Waals surface area contributed by atoms with Crippen molar-refractivity contribution in [2.24, 2.45) is 0 Å². The number of rotatable bonds is 2. The molecular formula is C12H11FN2O. The van der Waals surface area contributed by atoms with Crippen LogP contribution in [0, 0.1) is 12.7 Å². The molecule has 0 amide bonds. The number of nitrogens with zero attached hydrogens (tertiary/aromatic N) is 2. The van der Waals surface area contributed by atoms with Crippen molar-refractivity contribution >= 4 is 0 Å². The van der Waals surface area contributed by atoms with Gasteiger partial charge in [-0.15, -0.1) is 0 Å². The molecule has 0 bridgehead atoms. The van der Waals surface area contributed by atoms with E-state index in [4.69, 9.17) is 0 Å². The molecule has 1 atom stereocenters. The summed E-state index contributed by atoms with van der Waals surface area (Å²) in [5.74, 6) is -0.460. The second-order valence-electron chi connectivity index (χ2n) is 3.57. The molecule has 1 N–H and O–H groups in total. The number of hydrogen-bond donors (Lipinski definition) is 1. The molecule has 0 fully saturated rings. The Balaban J connectivity index is 2.39. The zero-order chi connectivity index (χ0) is 11.5. The predicted octanol–water partition coefficient (Wildman–Crippen LogP) is 2.01. The third-order valence-electron chi connectivity index (χ3n) is 2.42. The van der Waals surface area contributed by atoms with Crippen LogP contribution in [0.5, 0.6) is 0 Å². The summed E-state index contributed by atoms with van der Waals surface area (Å²) in [6, 6.07) is 3.06. The van der Waals surface area contributed by atoms with Crippen LogP contribution in [0.25, 0.3) is 0 Å². The normalized spacial score (nSPS) is 12.4. The lowest BCUT2D eigenvalue weighted by molar-refractivity contribution is 0.218. The highest BCUT2D eigenvalue weighted by Crippen LogP contribution is 2.23. The van der Waals surface area contributed by atoms with Gasteiger partial charge >= 0.3 is 0 Å². The lowest BCUT2D eigenvalue weighted by atomic mass is 10.0. The minimum atomic E-state index is -0.892. The number of aryl methyl sites for hydroxylation is 1. The van der Waals surface area contributed by atoms with E-state index in [0.717, 1.165) is 11.8 Å². The minimum Gasteiger partial charge on any atom is -0.384 e. The van der Waals surface area contributed by atoms with Gasteiger partial charge in [0.1, 0.15) is 11.9 Å². The van der Waals surface area contributed by atoms with Crippen molar-refractivity contribution < 1.29 is 9.50 Å². The minimum absolute atomic E-state index is 0.427. The van der Waals surface area contributed by atoms with Crippen LogP contribution < -0.4 is 0 Å². The first kappa shape index (κ1) is 10.7. The Morgan fingerprint density at radius 2 is 2.06 bits per heavy atom. The van der Waals surface area contributed by atoms with Gasteiger partial charge in [0, 0.05) is 29.7 Å². The van der Waals surface area contributed by atoms with Gasteiger partial charge in [0.25, 0.3) is 0 Å². The Bertz CT molecular complexity index is 502. The van der Waals surface area contributed by atoms with Crippen molar-refractivity contribution in [3.8, 4) is 0 Å². The van der Waals surface area contributed by atoms with Gasteiger partial charge in [-0.25, -0.2) is 4.39 Å². The van der Waals surface area contributed by atoms with E-state index in [9.17, 15) is 9.50 Å². The average Bonchev–Trinajstić information content (AvgIpc) is 2.29. The van der Waals surface area contributed by atoms with Gasteiger partial charge in [0.2, 0.25) is 0 Å². The highest BCUT2D eigenvalue weighted by atomic mass is 19.1. The van der Waals surface area contributed by atoms with E-state index in [1.807, 2.05) is 6.92 Å². The summed E-state index contributed by atoms with van der Waals surface area (Å²) >= 11 is 0. The summed E-state index contributed by atoms with van der Waals surface area (Å²) in [7, 11) is 0. The van der Waals surface area contributed by atoms with Crippen LogP contribution in [-0.4, -0.2) is 15.1 Å². The first-order valence-corrected chi connectivity index (χ1v) is 4.87. The first-order chi connectivity index (χ1) is 7.68. The van der Waals surface area contributed by atoms with E-state index in [2.05, 4.69) is 9.97 Å². The van der Waals surface area contributed by atoms with Crippen LogP contribution in [0.1, 0.15) is 22.8 Å². The quantitative estimate of drug-likeness (QED) is 0.838. The maximum atomic E-state index is 13.0. The van der Waals surface area contributed by atoms with Gasteiger partial charge in [-0.3, -0.25) is 9.97 Å².